The number of aliphatic hydroxyl groups excluding tert-OH is 1. The van der Waals surface area contributed by atoms with Crippen molar-refractivity contribution >= 4 is 29.9 Å². The number of piperidine rings is 1. The van der Waals surface area contributed by atoms with Gasteiger partial charge in [0.1, 0.15) is 0 Å². The molecule has 0 saturated carbocycles. The molecule has 7 nitrogen and oxygen atoms in total. The third-order valence-electron chi connectivity index (χ3n) is 6.43. The Morgan fingerprint density at radius 2 is 2.03 bits per heavy atom. The normalized spacial score (nSPS) is 22.5. The van der Waals surface area contributed by atoms with Gasteiger partial charge in [0.05, 0.1) is 12.7 Å². The molecule has 1 unspecified atom stereocenters. The Morgan fingerprint density at radius 3 is 2.69 bits per heavy atom. The fourth-order valence-electron chi connectivity index (χ4n) is 4.41. The largest absolute Gasteiger partial charge is 0.396 e. The molecule has 1 atom stereocenters. The summed E-state index contributed by atoms with van der Waals surface area (Å²) in [4.78, 5) is 6.83. The van der Waals surface area contributed by atoms with Gasteiger partial charge in [-0.15, -0.1) is 24.0 Å². The minimum absolute atomic E-state index is 0. The maximum atomic E-state index is 9.36. The van der Waals surface area contributed by atoms with E-state index in [4.69, 9.17) is 9.47 Å². The first-order valence-electron chi connectivity index (χ1n) is 11.7. The van der Waals surface area contributed by atoms with Crippen molar-refractivity contribution in [2.24, 2.45) is 10.4 Å². The lowest BCUT2D eigenvalue weighted by Gasteiger charge is -2.32. The molecule has 1 aromatic carbocycles. The lowest BCUT2D eigenvalue weighted by atomic mass is 9.84. The fraction of sp³-hybridized carbons (Fsp3) is 0.708. The Labute approximate surface area is 210 Å². The van der Waals surface area contributed by atoms with E-state index in [1.807, 2.05) is 0 Å². The number of halogens is 1. The summed E-state index contributed by atoms with van der Waals surface area (Å²) in [5, 5.41) is 16.1. The molecule has 0 aromatic heterocycles. The van der Waals surface area contributed by atoms with Gasteiger partial charge in [0.15, 0.2) is 5.96 Å². The quantitative estimate of drug-likeness (QED) is 0.167. The van der Waals surface area contributed by atoms with Gasteiger partial charge < -0.3 is 25.2 Å². The second kappa shape index (κ2) is 15.1. The van der Waals surface area contributed by atoms with E-state index < -0.39 is 0 Å². The molecule has 32 heavy (non-hydrogen) atoms. The molecule has 1 aromatic rings. The molecular weight excluding hydrogens is 519 g/mol. The van der Waals surface area contributed by atoms with Gasteiger partial charge in [-0.05, 0) is 37.7 Å². The van der Waals surface area contributed by atoms with Crippen molar-refractivity contribution in [2.75, 3.05) is 59.7 Å². The van der Waals surface area contributed by atoms with Gasteiger partial charge in [0, 0.05) is 65.0 Å². The van der Waals surface area contributed by atoms with Gasteiger partial charge in [-0.2, -0.15) is 0 Å². The second-order valence-corrected chi connectivity index (χ2v) is 8.81. The number of nitrogens with one attached hydrogen (secondary N) is 2. The van der Waals surface area contributed by atoms with Crippen LogP contribution in [0.15, 0.2) is 35.3 Å². The Balaban J connectivity index is 0.00000363. The van der Waals surface area contributed by atoms with E-state index in [-0.39, 0.29) is 36.0 Å². The van der Waals surface area contributed by atoms with Crippen molar-refractivity contribution in [1.82, 2.24) is 15.5 Å². The molecule has 0 radical (unpaired) electrons. The van der Waals surface area contributed by atoms with E-state index in [1.54, 1.807) is 7.05 Å². The summed E-state index contributed by atoms with van der Waals surface area (Å²) in [5.74, 6) is 0.804. The highest BCUT2D eigenvalue weighted by Gasteiger charge is 2.34. The molecule has 0 spiro atoms. The molecular formula is C24H41IN4O3. The van der Waals surface area contributed by atoms with Crippen LogP contribution in [0, 0.1) is 5.41 Å². The van der Waals surface area contributed by atoms with Crippen molar-refractivity contribution < 1.29 is 14.6 Å². The molecule has 2 aliphatic heterocycles. The van der Waals surface area contributed by atoms with Crippen LogP contribution >= 0.6 is 24.0 Å². The number of ether oxygens (including phenoxy) is 2. The number of nitrogens with zero attached hydrogens (tertiary/aromatic N) is 2. The van der Waals surface area contributed by atoms with E-state index >= 15 is 0 Å². The summed E-state index contributed by atoms with van der Waals surface area (Å²) in [6.07, 6.45) is 5.29. The van der Waals surface area contributed by atoms with Crippen LogP contribution in [0.4, 0.5) is 0 Å². The van der Waals surface area contributed by atoms with Crippen molar-refractivity contribution in [3.05, 3.63) is 35.9 Å². The lowest BCUT2D eigenvalue weighted by molar-refractivity contribution is 0.00534. The average molecular weight is 561 g/mol. The summed E-state index contributed by atoms with van der Waals surface area (Å²) >= 11 is 0. The number of aliphatic imine (C=N–C) groups is 1. The molecule has 2 aliphatic rings. The van der Waals surface area contributed by atoms with Crippen molar-refractivity contribution in [2.45, 2.75) is 44.8 Å². The third-order valence-corrected chi connectivity index (χ3v) is 6.43. The zero-order chi connectivity index (χ0) is 21.8. The molecule has 2 fully saturated rings. The lowest BCUT2D eigenvalue weighted by Crippen LogP contribution is -2.44. The molecule has 3 rings (SSSR count). The van der Waals surface area contributed by atoms with Gasteiger partial charge >= 0.3 is 0 Å². The van der Waals surface area contributed by atoms with Crippen LogP contribution in [0.3, 0.4) is 0 Å². The highest BCUT2D eigenvalue weighted by atomic mass is 127. The van der Waals surface area contributed by atoms with Crippen LogP contribution in [0.2, 0.25) is 0 Å². The number of benzene rings is 1. The standard InChI is InChI=1S/C24H40N4O3.HI/c1-25-23(27-19-24(10-15-29)11-17-30-20-24)26-12-5-16-31-22-8-13-28(14-9-22)18-21-6-3-2-4-7-21;/h2-4,6-7,22,29H,5,8-20H2,1H3,(H2,25,26,27);1H. The third kappa shape index (κ3) is 9.13. The Bertz CT molecular complexity index is 648. The maximum Gasteiger partial charge on any atom is 0.190 e. The van der Waals surface area contributed by atoms with Crippen LogP contribution in [-0.4, -0.2) is 81.7 Å². The predicted molar refractivity (Wildman–Crippen MR) is 140 cm³/mol. The molecule has 182 valence electrons. The van der Waals surface area contributed by atoms with Crippen LogP contribution in [0.5, 0.6) is 0 Å². The van der Waals surface area contributed by atoms with Gasteiger partial charge in [-0.3, -0.25) is 9.89 Å². The van der Waals surface area contributed by atoms with Crippen LogP contribution in [-0.2, 0) is 16.0 Å². The van der Waals surface area contributed by atoms with Gasteiger partial charge in [0.2, 0.25) is 0 Å². The number of likely N-dealkylation sites (tertiary alicyclic amines) is 1. The zero-order valence-electron chi connectivity index (χ0n) is 19.4. The first-order chi connectivity index (χ1) is 15.2. The van der Waals surface area contributed by atoms with Crippen molar-refractivity contribution in [3.63, 3.8) is 0 Å². The van der Waals surface area contributed by atoms with E-state index in [2.05, 4.69) is 50.9 Å². The first-order valence-corrected chi connectivity index (χ1v) is 11.7. The summed E-state index contributed by atoms with van der Waals surface area (Å²) in [6, 6.07) is 10.7. The summed E-state index contributed by atoms with van der Waals surface area (Å²) in [7, 11) is 1.79. The minimum Gasteiger partial charge on any atom is -0.396 e. The SMILES string of the molecule is CN=C(NCCCOC1CCN(Cc2ccccc2)CC1)NCC1(CCO)CCOC1.I. The van der Waals surface area contributed by atoms with E-state index in [9.17, 15) is 5.11 Å². The van der Waals surface area contributed by atoms with Crippen LogP contribution in [0.1, 0.15) is 37.7 Å². The van der Waals surface area contributed by atoms with Gasteiger partial charge in [-0.25, -0.2) is 0 Å². The fourth-order valence-corrected chi connectivity index (χ4v) is 4.41. The number of rotatable bonds is 11. The summed E-state index contributed by atoms with van der Waals surface area (Å²) in [5.41, 5.74) is 1.41. The summed E-state index contributed by atoms with van der Waals surface area (Å²) < 4.78 is 11.7. The Kier molecular flexibility index (Phi) is 12.8. The molecule has 2 saturated heterocycles. The van der Waals surface area contributed by atoms with E-state index in [0.29, 0.717) is 12.7 Å². The van der Waals surface area contributed by atoms with Crippen molar-refractivity contribution in [1.29, 1.82) is 0 Å². The van der Waals surface area contributed by atoms with Crippen molar-refractivity contribution in [3.8, 4) is 0 Å². The molecule has 3 N–H and O–H groups in total. The topological polar surface area (TPSA) is 78.4 Å². The van der Waals surface area contributed by atoms with E-state index in [0.717, 1.165) is 84.0 Å². The number of hydrogen-bond acceptors (Lipinski definition) is 5. The number of guanidine groups is 1. The van der Waals surface area contributed by atoms with Gasteiger partial charge in [0.25, 0.3) is 0 Å². The monoisotopic (exact) mass is 560 g/mol. The second-order valence-electron chi connectivity index (χ2n) is 8.81. The number of aliphatic hydroxyl groups is 1. The average Bonchev–Trinajstić information content (AvgIpc) is 3.26. The Hall–Kier alpha value is -0.940. The highest BCUT2D eigenvalue weighted by molar-refractivity contribution is 14.0. The number of hydrogen-bond donors (Lipinski definition) is 3. The highest BCUT2D eigenvalue weighted by Crippen LogP contribution is 2.31. The van der Waals surface area contributed by atoms with Crippen LogP contribution < -0.4 is 10.6 Å². The summed E-state index contributed by atoms with van der Waals surface area (Å²) in [6.45, 7) is 7.29. The zero-order valence-corrected chi connectivity index (χ0v) is 21.8. The molecule has 0 amide bonds. The molecule has 8 heteroatoms. The smallest absolute Gasteiger partial charge is 0.190 e. The maximum absolute atomic E-state index is 9.36. The van der Waals surface area contributed by atoms with Gasteiger partial charge in [-0.1, -0.05) is 30.3 Å². The van der Waals surface area contributed by atoms with E-state index in [1.165, 1.54) is 5.56 Å². The molecule has 2 heterocycles. The first kappa shape index (κ1) is 27.3. The Morgan fingerprint density at radius 1 is 1.25 bits per heavy atom. The van der Waals surface area contributed by atoms with Crippen LogP contribution in [0.25, 0.3) is 0 Å². The minimum atomic E-state index is 0. The molecule has 0 aliphatic carbocycles. The molecule has 0 bridgehead atoms. The predicted octanol–water partition coefficient (Wildman–Crippen LogP) is 2.63.